The van der Waals surface area contributed by atoms with Gasteiger partial charge in [0.05, 0.1) is 19.7 Å². The van der Waals surface area contributed by atoms with Gasteiger partial charge in [0.1, 0.15) is 0 Å². The van der Waals surface area contributed by atoms with Crippen LogP contribution in [0.1, 0.15) is 25.3 Å². The number of hydrogen-bond donors (Lipinski definition) is 2. The van der Waals surface area contributed by atoms with E-state index >= 15 is 0 Å². The Morgan fingerprint density at radius 1 is 1.27 bits per heavy atom. The first-order valence-electron chi connectivity index (χ1n) is 9.80. The Labute approximate surface area is 200 Å². The molecule has 2 N–H and O–H groups in total. The number of piperidine rings is 1. The number of guanidine groups is 1. The van der Waals surface area contributed by atoms with E-state index in [0.717, 1.165) is 18.4 Å². The van der Waals surface area contributed by atoms with Crippen molar-refractivity contribution in [1.29, 1.82) is 0 Å². The van der Waals surface area contributed by atoms with Crippen LogP contribution >= 0.6 is 35.6 Å². The molecule has 168 valence electrons. The van der Waals surface area contributed by atoms with E-state index in [-0.39, 0.29) is 48.6 Å². The van der Waals surface area contributed by atoms with Gasteiger partial charge in [0.25, 0.3) is 0 Å². The van der Waals surface area contributed by atoms with E-state index < -0.39 is 0 Å². The highest BCUT2D eigenvalue weighted by molar-refractivity contribution is 14.0. The molecule has 1 aromatic carbocycles. The summed E-state index contributed by atoms with van der Waals surface area (Å²) in [5.74, 6) is 0.504. The van der Waals surface area contributed by atoms with Gasteiger partial charge in [-0.25, -0.2) is 9.79 Å². The predicted molar refractivity (Wildman–Crippen MR) is 129 cm³/mol. The third-order valence-corrected chi connectivity index (χ3v) is 5.00. The lowest BCUT2D eigenvalue weighted by Gasteiger charge is -2.32. The third-order valence-electron chi connectivity index (χ3n) is 4.63. The van der Waals surface area contributed by atoms with Gasteiger partial charge in [0, 0.05) is 38.2 Å². The summed E-state index contributed by atoms with van der Waals surface area (Å²) in [6.07, 6.45) is 1.27. The summed E-state index contributed by atoms with van der Waals surface area (Å²) in [6.45, 7) is 3.94. The molecule has 2 rings (SSSR count). The predicted octanol–water partition coefficient (Wildman–Crippen LogP) is 2.70. The van der Waals surface area contributed by atoms with Crippen molar-refractivity contribution in [2.75, 3.05) is 40.3 Å². The van der Waals surface area contributed by atoms with Gasteiger partial charge in [0.2, 0.25) is 5.91 Å². The normalized spacial score (nSPS) is 14.5. The molecule has 0 atom stereocenters. The summed E-state index contributed by atoms with van der Waals surface area (Å²) in [5, 5.41) is 7.12. The van der Waals surface area contributed by atoms with Crippen molar-refractivity contribution in [2.45, 2.75) is 32.4 Å². The highest BCUT2D eigenvalue weighted by Gasteiger charge is 2.24. The number of hydrogen-bond acceptors (Lipinski definition) is 4. The van der Waals surface area contributed by atoms with Crippen LogP contribution in [0.3, 0.4) is 0 Å². The number of aliphatic imine (C=N–C) groups is 1. The number of amides is 2. The minimum Gasteiger partial charge on any atom is -0.450 e. The van der Waals surface area contributed by atoms with Gasteiger partial charge < -0.3 is 25.2 Å². The average molecular weight is 552 g/mol. The van der Waals surface area contributed by atoms with E-state index in [2.05, 4.69) is 15.6 Å². The molecule has 1 aliphatic rings. The van der Waals surface area contributed by atoms with Crippen molar-refractivity contribution in [3.8, 4) is 0 Å². The van der Waals surface area contributed by atoms with Gasteiger partial charge in [-0.2, -0.15) is 0 Å². The van der Waals surface area contributed by atoms with E-state index in [0.29, 0.717) is 37.2 Å². The maximum absolute atomic E-state index is 11.9. The van der Waals surface area contributed by atoms with Crippen LogP contribution in [0.4, 0.5) is 4.79 Å². The molecule has 8 nitrogen and oxygen atoms in total. The molecule has 1 saturated heterocycles. The fourth-order valence-electron chi connectivity index (χ4n) is 2.88. The number of halogens is 2. The molecule has 0 saturated carbocycles. The summed E-state index contributed by atoms with van der Waals surface area (Å²) in [6, 6.07) is 7.69. The standard InChI is InChI=1S/C20H30ClN5O3.HI/c1-4-29-20(28)26-11-9-16(10-12-26)24-19(23-14-18(27)25(2)3)22-13-15-7-5-6-8-17(15)21;/h5-8,16H,4,9-14H2,1-3H3,(H2,22,23,24);1H. The number of ether oxygens (including phenoxy) is 1. The molecule has 0 radical (unpaired) electrons. The molecule has 1 fully saturated rings. The SMILES string of the molecule is CCOC(=O)N1CCC(NC(=NCc2ccccc2Cl)NCC(=O)N(C)C)CC1.I. The molecular weight excluding hydrogens is 521 g/mol. The molecule has 0 bridgehead atoms. The van der Waals surface area contributed by atoms with Crippen LogP contribution < -0.4 is 10.6 Å². The smallest absolute Gasteiger partial charge is 0.409 e. The molecular formula is C20H31ClIN5O3. The second-order valence-corrected chi connectivity index (χ2v) is 7.41. The minimum absolute atomic E-state index is 0. The second kappa shape index (κ2) is 13.5. The van der Waals surface area contributed by atoms with E-state index in [1.165, 1.54) is 4.90 Å². The molecule has 0 unspecified atom stereocenters. The van der Waals surface area contributed by atoms with Crippen LogP contribution in [-0.2, 0) is 16.1 Å². The molecule has 0 spiro atoms. The first-order chi connectivity index (χ1) is 13.9. The van der Waals surface area contributed by atoms with E-state index in [4.69, 9.17) is 16.3 Å². The Balaban J connectivity index is 0.00000450. The fraction of sp³-hybridized carbons (Fsp3) is 0.550. The molecule has 0 aliphatic carbocycles. The topological polar surface area (TPSA) is 86.3 Å². The summed E-state index contributed by atoms with van der Waals surface area (Å²) < 4.78 is 5.06. The van der Waals surface area contributed by atoms with Gasteiger partial charge in [0.15, 0.2) is 5.96 Å². The number of rotatable bonds is 6. The summed E-state index contributed by atoms with van der Waals surface area (Å²) in [7, 11) is 3.42. The van der Waals surface area contributed by atoms with E-state index in [1.54, 1.807) is 25.9 Å². The Morgan fingerprint density at radius 3 is 2.53 bits per heavy atom. The van der Waals surface area contributed by atoms with Crippen molar-refractivity contribution in [3.05, 3.63) is 34.9 Å². The number of nitrogens with zero attached hydrogens (tertiary/aromatic N) is 3. The fourth-order valence-corrected chi connectivity index (χ4v) is 3.07. The van der Waals surface area contributed by atoms with Crippen molar-refractivity contribution < 1.29 is 14.3 Å². The first-order valence-corrected chi connectivity index (χ1v) is 10.2. The number of carbonyl (C=O) groups is 2. The van der Waals surface area contributed by atoms with Crippen LogP contribution in [0.25, 0.3) is 0 Å². The number of benzene rings is 1. The molecule has 1 aromatic rings. The van der Waals surface area contributed by atoms with Gasteiger partial charge in [-0.15, -0.1) is 24.0 Å². The van der Waals surface area contributed by atoms with Crippen molar-refractivity contribution >= 4 is 53.5 Å². The zero-order chi connectivity index (χ0) is 21.2. The second-order valence-electron chi connectivity index (χ2n) is 7.00. The summed E-state index contributed by atoms with van der Waals surface area (Å²) in [4.78, 5) is 31.6. The summed E-state index contributed by atoms with van der Waals surface area (Å²) >= 11 is 6.22. The lowest BCUT2D eigenvalue weighted by molar-refractivity contribution is -0.127. The van der Waals surface area contributed by atoms with Gasteiger partial charge in [-0.1, -0.05) is 29.8 Å². The number of likely N-dealkylation sites (N-methyl/N-ethyl adjacent to an activating group) is 1. The molecule has 1 heterocycles. The van der Waals surface area contributed by atoms with Gasteiger partial charge in [-0.05, 0) is 31.4 Å². The van der Waals surface area contributed by atoms with Crippen LogP contribution in [0, 0.1) is 0 Å². The maximum Gasteiger partial charge on any atom is 0.409 e. The Kier molecular flexibility index (Phi) is 11.9. The Hall–Kier alpha value is -1.75. The highest BCUT2D eigenvalue weighted by atomic mass is 127. The first kappa shape index (κ1) is 26.3. The third kappa shape index (κ3) is 8.55. The lowest BCUT2D eigenvalue weighted by Crippen LogP contribution is -2.51. The van der Waals surface area contributed by atoms with Crippen molar-refractivity contribution in [3.63, 3.8) is 0 Å². The Morgan fingerprint density at radius 2 is 1.93 bits per heavy atom. The van der Waals surface area contributed by atoms with Crippen LogP contribution in [0.2, 0.25) is 5.02 Å². The average Bonchev–Trinajstić information content (AvgIpc) is 2.71. The number of carbonyl (C=O) groups excluding carboxylic acids is 2. The van der Waals surface area contributed by atoms with Gasteiger partial charge >= 0.3 is 6.09 Å². The molecule has 0 aromatic heterocycles. The van der Waals surface area contributed by atoms with Crippen LogP contribution in [0.5, 0.6) is 0 Å². The lowest BCUT2D eigenvalue weighted by atomic mass is 10.1. The van der Waals surface area contributed by atoms with Crippen molar-refractivity contribution in [1.82, 2.24) is 20.4 Å². The van der Waals surface area contributed by atoms with Crippen LogP contribution in [0.15, 0.2) is 29.3 Å². The zero-order valence-electron chi connectivity index (χ0n) is 17.7. The molecule has 10 heteroatoms. The molecule has 2 amide bonds. The maximum atomic E-state index is 11.9. The minimum atomic E-state index is -0.270. The molecule has 1 aliphatic heterocycles. The highest BCUT2D eigenvalue weighted by Crippen LogP contribution is 2.16. The Bertz CT molecular complexity index is 724. The van der Waals surface area contributed by atoms with Gasteiger partial charge in [-0.3, -0.25) is 4.79 Å². The number of likely N-dealkylation sites (tertiary alicyclic amines) is 1. The monoisotopic (exact) mass is 551 g/mol. The van der Waals surface area contributed by atoms with E-state index in [1.807, 2.05) is 24.3 Å². The molecule has 30 heavy (non-hydrogen) atoms. The largest absolute Gasteiger partial charge is 0.450 e. The quantitative estimate of drug-likeness (QED) is 0.323. The summed E-state index contributed by atoms with van der Waals surface area (Å²) in [5.41, 5.74) is 0.909. The van der Waals surface area contributed by atoms with Crippen molar-refractivity contribution in [2.24, 2.45) is 4.99 Å². The zero-order valence-corrected chi connectivity index (χ0v) is 20.8. The number of nitrogens with one attached hydrogen (secondary N) is 2. The van der Waals surface area contributed by atoms with Crippen LogP contribution in [-0.4, -0.2) is 74.1 Å². The van der Waals surface area contributed by atoms with E-state index in [9.17, 15) is 9.59 Å².